The topological polar surface area (TPSA) is 57.5 Å². The molecule has 0 spiro atoms. The lowest BCUT2D eigenvalue weighted by molar-refractivity contribution is 0.282. The van der Waals surface area contributed by atoms with E-state index in [0.717, 1.165) is 5.69 Å². The minimum atomic E-state index is -0.557. The van der Waals surface area contributed by atoms with Crippen molar-refractivity contribution in [2.24, 2.45) is 12.0 Å². The fourth-order valence-electron chi connectivity index (χ4n) is 2.53. The number of aryl methyl sites for hydroxylation is 1. The molecule has 2 rings (SSSR count). The number of nitrogens with one attached hydrogen (secondary N) is 2. The lowest BCUT2D eigenvalue weighted by Crippen LogP contribution is -2.42. The lowest BCUT2D eigenvalue weighted by Gasteiger charge is -2.26. The van der Waals surface area contributed by atoms with Gasteiger partial charge >= 0.3 is 0 Å². The predicted octanol–water partition coefficient (Wildman–Crippen LogP) is 1.67. The highest BCUT2D eigenvalue weighted by molar-refractivity contribution is 5.79. The number of benzene rings is 1. The second kappa shape index (κ2) is 8.57. The molecule has 0 bridgehead atoms. The Kier molecular flexibility index (Phi) is 6.46. The Morgan fingerprint density at radius 3 is 2.44 bits per heavy atom. The average Bonchev–Trinajstić information content (AvgIpc) is 2.97. The van der Waals surface area contributed by atoms with Gasteiger partial charge in [-0.2, -0.15) is 5.10 Å². The molecule has 0 aliphatic rings. The van der Waals surface area contributed by atoms with Crippen molar-refractivity contribution in [2.45, 2.75) is 12.6 Å². The highest BCUT2D eigenvalue weighted by Crippen LogP contribution is 2.23. The maximum Gasteiger partial charge on any atom is 0.191 e. The Morgan fingerprint density at radius 1 is 1.24 bits per heavy atom. The second-order valence-corrected chi connectivity index (χ2v) is 5.87. The summed E-state index contributed by atoms with van der Waals surface area (Å²) in [4.78, 5) is 5.91. The number of hydrogen-bond acceptors (Lipinski definition) is 3. The summed E-state index contributed by atoms with van der Waals surface area (Å²) in [5, 5.41) is 10.4. The number of rotatable bonds is 6. The summed E-state index contributed by atoms with van der Waals surface area (Å²) in [5.41, 5.74) is 1.04. The molecular weight excluding hydrogens is 326 g/mol. The van der Waals surface area contributed by atoms with Crippen molar-refractivity contribution in [3.8, 4) is 0 Å². The number of aromatic nitrogens is 2. The van der Waals surface area contributed by atoms with E-state index in [1.165, 1.54) is 18.2 Å². The first kappa shape index (κ1) is 18.9. The van der Waals surface area contributed by atoms with Crippen LogP contribution in [0.1, 0.15) is 17.3 Å². The first-order valence-corrected chi connectivity index (χ1v) is 7.95. The van der Waals surface area contributed by atoms with Crippen molar-refractivity contribution in [3.05, 3.63) is 53.4 Å². The van der Waals surface area contributed by atoms with Crippen LogP contribution in [0.4, 0.5) is 8.78 Å². The van der Waals surface area contributed by atoms with E-state index < -0.39 is 17.7 Å². The minimum absolute atomic E-state index is 0.0436. The van der Waals surface area contributed by atoms with Gasteiger partial charge < -0.3 is 15.5 Å². The molecule has 1 atom stereocenters. The Labute approximate surface area is 146 Å². The third-order valence-corrected chi connectivity index (χ3v) is 4.00. The summed E-state index contributed by atoms with van der Waals surface area (Å²) in [5.74, 6) is -0.568. The molecule has 0 aliphatic carbocycles. The molecule has 0 fully saturated rings. The van der Waals surface area contributed by atoms with Crippen molar-refractivity contribution in [2.75, 3.05) is 27.7 Å². The molecule has 8 heteroatoms. The summed E-state index contributed by atoms with van der Waals surface area (Å²) in [6, 6.07) is 5.33. The van der Waals surface area contributed by atoms with E-state index in [2.05, 4.69) is 20.7 Å². The standard InChI is InChI=1S/C17H24F2N6/c1-20-17(21-10-12-8-9-23-25(12)4)22-11-15(24(2)3)16-13(18)6-5-7-14(16)19/h5-9,15H,10-11H2,1-4H3,(H2,20,21,22). The normalized spacial score (nSPS) is 13.2. The quantitative estimate of drug-likeness (QED) is 0.615. The molecule has 25 heavy (non-hydrogen) atoms. The first-order valence-electron chi connectivity index (χ1n) is 7.95. The molecule has 136 valence electrons. The van der Waals surface area contributed by atoms with Gasteiger partial charge in [0.05, 0.1) is 18.3 Å². The summed E-state index contributed by atoms with van der Waals surface area (Å²) < 4.78 is 30.0. The number of aliphatic imine (C=N–C) groups is 1. The zero-order valence-corrected chi connectivity index (χ0v) is 14.9. The molecule has 1 heterocycles. The van der Waals surface area contributed by atoms with E-state index in [-0.39, 0.29) is 5.56 Å². The van der Waals surface area contributed by atoms with Crippen LogP contribution in [0.2, 0.25) is 0 Å². The van der Waals surface area contributed by atoms with E-state index in [4.69, 9.17) is 0 Å². The molecule has 1 unspecified atom stereocenters. The van der Waals surface area contributed by atoms with Gasteiger partial charge in [0.2, 0.25) is 0 Å². The molecule has 6 nitrogen and oxygen atoms in total. The zero-order chi connectivity index (χ0) is 18.4. The SMILES string of the molecule is CN=C(NCc1ccnn1C)NCC(c1c(F)cccc1F)N(C)C. The fourth-order valence-corrected chi connectivity index (χ4v) is 2.53. The highest BCUT2D eigenvalue weighted by atomic mass is 19.1. The van der Waals surface area contributed by atoms with Crippen LogP contribution in [0, 0.1) is 11.6 Å². The van der Waals surface area contributed by atoms with Crippen LogP contribution >= 0.6 is 0 Å². The van der Waals surface area contributed by atoms with Crippen LogP contribution in [0.25, 0.3) is 0 Å². The maximum absolute atomic E-state index is 14.1. The largest absolute Gasteiger partial charge is 0.354 e. The number of nitrogens with zero attached hydrogens (tertiary/aromatic N) is 4. The number of halogens is 2. The van der Waals surface area contributed by atoms with Crippen molar-refractivity contribution in [3.63, 3.8) is 0 Å². The van der Waals surface area contributed by atoms with Gasteiger partial charge in [0.1, 0.15) is 11.6 Å². The second-order valence-electron chi connectivity index (χ2n) is 5.87. The van der Waals surface area contributed by atoms with Crippen LogP contribution in [-0.2, 0) is 13.6 Å². The molecular formula is C17H24F2N6. The van der Waals surface area contributed by atoms with Gasteiger partial charge in [0.15, 0.2) is 5.96 Å². The van der Waals surface area contributed by atoms with E-state index in [0.29, 0.717) is 19.0 Å². The van der Waals surface area contributed by atoms with Gasteiger partial charge in [0.25, 0.3) is 0 Å². The fraction of sp³-hybridized carbons (Fsp3) is 0.412. The molecule has 0 saturated heterocycles. The molecule has 1 aromatic heterocycles. The molecule has 0 amide bonds. The smallest absolute Gasteiger partial charge is 0.191 e. The van der Waals surface area contributed by atoms with Crippen molar-refractivity contribution < 1.29 is 8.78 Å². The van der Waals surface area contributed by atoms with Crippen molar-refractivity contribution in [1.82, 2.24) is 25.3 Å². The van der Waals surface area contributed by atoms with E-state index >= 15 is 0 Å². The molecule has 0 aliphatic heterocycles. The number of hydrogen-bond donors (Lipinski definition) is 2. The Balaban J connectivity index is 2.03. The molecule has 0 saturated carbocycles. The van der Waals surface area contributed by atoms with Gasteiger partial charge in [-0.15, -0.1) is 0 Å². The summed E-state index contributed by atoms with van der Waals surface area (Å²) >= 11 is 0. The van der Waals surface area contributed by atoms with Crippen molar-refractivity contribution >= 4 is 5.96 Å². The van der Waals surface area contributed by atoms with Crippen LogP contribution in [0.3, 0.4) is 0 Å². The first-order chi connectivity index (χ1) is 11.9. The number of likely N-dealkylation sites (N-methyl/N-ethyl adjacent to an activating group) is 1. The third-order valence-electron chi connectivity index (χ3n) is 4.00. The van der Waals surface area contributed by atoms with Crippen LogP contribution in [-0.4, -0.2) is 48.3 Å². The zero-order valence-electron chi connectivity index (χ0n) is 14.9. The Bertz CT molecular complexity index is 705. The highest BCUT2D eigenvalue weighted by Gasteiger charge is 2.22. The molecule has 0 radical (unpaired) electrons. The lowest BCUT2D eigenvalue weighted by atomic mass is 10.0. The number of guanidine groups is 1. The average molecular weight is 350 g/mol. The minimum Gasteiger partial charge on any atom is -0.354 e. The van der Waals surface area contributed by atoms with E-state index in [1.54, 1.807) is 36.9 Å². The summed E-state index contributed by atoms with van der Waals surface area (Å²) in [7, 11) is 7.07. The Morgan fingerprint density at radius 2 is 1.92 bits per heavy atom. The van der Waals surface area contributed by atoms with E-state index in [9.17, 15) is 8.78 Å². The van der Waals surface area contributed by atoms with Gasteiger partial charge in [0, 0.05) is 32.4 Å². The van der Waals surface area contributed by atoms with Gasteiger partial charge in [-0.3, -0.25) is 9.67 Å². The Hall–Kier alpha value is -2.48. The van der Waals surface area contributed by atoms with Gasteiger partial charge in [-0.05, 0) is 32.3 Å². The van der Waals surface area contributed by atoms with Crippen molar-refractivity contribution in [1.29, 1.82) is 0 Å². The summed E-state index contributed by atoms with van der Waals surface area (Å²) in [6.45, 7) is 0.840. The molecule has 1 aromatic carbocycles. The van der Waals surface area contributed by atoms with E-state index in [1.807, 2.05) is 13.1 Å². The molecule has 2 aromatic rings. The maximum atomic E-state index is 14.1. The van der Waals surface area contributed by atoms with Gasteiger partial charge in [-0.25, -0.2) is 8.78 Å². The third kappa shape index (κ3) is 4.76. The summed E-state index contributed by atoms with van der Waals surface area (Å²) in [6.07, 6.45) is 1.72. The van der Waals surface area contributed by atoms with Crippen LogP contribution < -0.4 is 10.6 Å². The van der Waals surface area contributed by atoms with Crippen LogP contribution in [0.5, 0.6) is 0 Å². The monoisotopic (exact) mass is 350 g/mol. The predicted molar refractivity (Wildman–Crippen MR) is 94.2 cm³/mol. The molecule has 2 N–H and O–H groups in total. The van der Waals surface area contributed by atoms with Gasteiger partial charge in [-0.1, -0.05) is 6.07 Å². The van der Waals surface area contributed by atoms with Crippen LogP contribution in [0.15, 0.2) is 35.5 Å².